The molecule has 1 aromatic carbocycles. The molecule has 5 heteroatoms. The second-order valence-corrected chi connectivity index (χ2v) is 5.50. The zero-order valence-electron chi connectivity index (χ0n) is 11.7. The Kier molecular flexibility index (Phi) is 5.38. The summed E-state index contributed by atoms with van der Waals surface area (Å²) in [7, 11) is 1.94. The number of rotatable bonds is 6. The van der Waals surface area contributed by atoms with Crippen molar-refractivity contribution in [3.8, 4) is 0 Å². The van der Waals surface area contributed by atoms with Gasteiger partial charge in [-0.2, -0.15) is 0 Å². The van der Waals surface area contributed by atoms with Gasteiger partial charge in [-0.15, -0.1) is 0 Å². The van der Waals surface area contributed by atoms with Crippen LogP contribution in [0, 0.1) is 0 Å². The number of aromatic amines is 1. The van der Waals surface area contributed by atoms with Crippen LogP contribution in [-0.2, 0) is 6.42 Å². The second-order valence-electron chi connectivity index (χ2n) is 4.49. The number of nitrogens with one attached hydrogen (secondary N) is 2. The topological polar surface area (TPSA) is 57.8 Å². The Morgan fingerprint density at radius 3 is 2.65 bits per heavy atom. The van der Waals surface area contributed by atoms with Gasteiger partial charge in [0.15, 0.2) is 5.16 Å². The fourth-order valence-corrected chi connectivity index (χ4v) is 2.91. The van der Waals surface area contributed by atoms with Gasteiger partial charge < -0.3 is 10.3 Å². The smallest absolute Gasteiger partial charge is 0.251 e. The predicted octanol–water partition coefficient (Wildman–Crippen LogP) is 2.39. The molecule has 0 aliphatic rings. The molecule has 0 saturated carbocycles. The summed E-state index contributed by atoms with van der Waals surface area (Å²) in [5, 5.41) is 3.96. The van der Waals surface area contributed by atoms with Crippen LogP contribution in [0.25, 0.3) is 0 Å². The fraction of sp³-hybridized carbons (Fsp3) is 0.333. The molecule has 0 bridgehead atoms. The zero-order valence-corrected chi connectivity index (χ0v) is 12.5. The lowest BCUT2D eigenvalue weighted by Crippen LogP contribution is -2.19. The monoisotopic (exact) mass is 289 g/mol. The summed E-state index contributed by atoms with van der Waals surface area (Å²) in [6.07, 6.45) is 2.58. The Morgan fingerprint density at radius 1 is 1.30 bits per heavy atom. The summed E-state index contributed by atoms with van der Waals surface area (Å²) >= 11 is 1.54. The van der Waals surface area contributed by atoms with Crippen molar-refractivity contribution in [2.45, 2.75) is 24.5 Å². The summed E-state index contributed by atoms with van der Waals surface area (Å²) in [5.41, 5.74) is 2.47. The van der Waals surface area contributed by atoms with Crippen LogP contribution in [-0.4, -0.2) is 22.8 Å². The molecule has 106 valence electrons. The van der Waals surface area contributed by atoms with Gasteiger partial charge in [0.1, 0.15) is 0 Å². The molecule has 0 aliphatic heterocycles. The largest absolute Gasteiger partial charge is 0.312 e. The van der Waals surface area contributed by atoms with Gasteiger partial charge in [0.05, 0.1) is 0 Å². The van der Waals surface area contributed by atoms with E-state index in [0.29, 0.717) is 5.16 Å². The average molecular weight is 289 g/mol. The number of hydrogen-bond donors (Lipinski definition) is 2. The SMILES string of the molecule is CCc1ccc(C(CSc2nccc(=O)[nH]2)NC)cc1. The van der Waals surface area contributed by atoms with E-state index in [1.54, 1.807) is 11.8 Å². The van der Waals surface area contributed by atoms with Gasteiger partial charge in [0.2, 0.25) is 0 Å². The Morgan fingerprint density at radius 2 is 2.05 bits per heavy atom. The zero-order chi connectivity index (χ0) is 14.4. The highest BCUT2D eigenvalue weighted by Gasteiger charge is 2.10. The van der Waals surface area contributed by atoms with E-state index in [9.17, 15) is 4.79 Å². The van der Waals surface area contributed by atoms with Crippen LogP contribution in [0.4, 0.5) is 0 Å². The first-order valence-corrected chi connectivity index (χ1v) is 7.65. The minimum atomic E-state index is -0.115. The molecule has 1 aromatic heterocycles. The minimum absolute atomic E-state index is 0.115. The number of H-pyrrole nitrogens is 1. The Labute approximate surface area is 123 Å². The van der Waals surface area contributed by atoms with Gasteiger partial charge in [-0.1, -0.05) is 43.0 Å². The summed E-state index contributed by atoms with van der Waals surface area (Å²) in [6, 6.07) is 10.3. The first-order valence-electron chi connectivity index (χ1n) is 6.67. The standard InChI is InChI=1S/C15H19N3OS/c1-3-11-4-6-12(7-5-11)13(16-2)10-20-15-17-9-8-14(19)18-15/h4-9,13,16H,3,10H2,1-2H3,(H,17,18,19). The van der Waals surface area contributed by atoms with Crippen molar-refractivity contribution < 1.29 is 0 Å². The number of hydrogen-bond acceptors (Lipinski definition) is 4. The van der Waals surface area contributed by atoms with Crippen molar-refractivity contribution >= 4 is 11.8 Å². The van der Waals surface area contributed by atoms with Crippen molar-refractivity contribution in [2.24, 2.45) is 0 Å². The van der Waals surface area contributed by atoms with E-state index in [0.717, 1.165) is 12.2 Å². The maximum Gasteiger partial charge on any atom is 0.251 e. The van der Waals surface area contributed by atoms with Gasteiger partial charge in [-0.05, 0) is 24.6 Å². The number of aromatic nitrogens is 2. The predicted molar refractivity (Wildman–Crippen MR) is 83.2 cm³/mol. The van der Waals surface area contributed by atoms with Crippen LogP contribution < -0.4 is 10.9 Å². The summed E-state index contributed by atoms with van der Waals surface area (Å²) in [6.45, 7) is 2.15. The van der Waals surface area contributed by atoms with Crippen LogP contribution in [0.15, 0.2) is 46.5 Å². The highest BCUT2D eigenvalue weighted by Crippen LogP contribution is 2.21. The first-order chi connectivity index (χ1) is 9.72. The summed E-state index contributed by atoms with van der Waals surface area (Å²) < 4.78 is 0. The molecule has 0 radical (unpaired) electrons. The van der Waals surface area contributed by atoms with Gasteiger partial charge in [0.25, 0.3) is 5.56 Å². The normalized spacial score (nSPS) is 12.3. The lowest BCUT2D eigenvalue weighted by atomic mass is 10.1. The fourth-order valence-electron chi connectivity index (χ4n) is 1.92. The van der Waals surface area contributed by atoms with Crippen LogP contribution in [0.3, 0.4) is 0 Å². The first kappa shape index (κ1) is 14.8. The lowest BCUT2D eigenvalue weighted by molar-refractivity contribution is 0.660. The summed E-state index contributed by atoms with van der Waals surface area (Å²) in [4.78, 5) is 18.1. The molecule has 0 fully saturated rings. The van der Waals surface area contributed by atoms with Gasteiger partial charge in [-0.3, -0.25) is 4.79 Å². The van der Waals surface area contributed by atoms with Crippen molar-refractivity contribution in [3.63, 3.8) is 0 Å². The molecule has 2 rings (SSSR count). The van der Waals surface area contributed by atoms with Crippen LogP contribution >= 0.6 is 11.8 Å². The maximum absolute atomic E-state index is 11.2. The van der Waals surface area contributed by atoms with E-state index < -0.39 is 0 Å². The van der Waals surface area contributed by atoms with Crippen LogP contribution in [0.1, 0.15) is 24.1 Å². The van der Waals surface area contributed by atoms with Crippen molar-refractivity contribution in [1.29, 1.82) is 0 Å². The molecular formula is C15H19N3OS. The quantitative estimate of drug-likeness (QED) is 0.633. The van der Waals surface area contributed by atoms with E-state index in [1.165, 1.54) is 23.4 Å². The van der Waals surface area contributed by atoms with Gasteiger partial charge in [-0.25, -0.2) is 4.98 Å². The third kappa shape index (κ3) is 3.95. The molecule has 2 N–H and O–H groups in total. The highest BCUT2D eigenvalue weighted by molar-refractivity contribution is 7.99. The molecule has 0 spiro atoms. The van der Waals surface area contributed by atoms with E-state index in [4.69, 9.17) is 0 Å². The molecule has 1 atom stereocenters. The number of thioether (sulfide) groups is 1. The van der Waals surface area contributed by atoms with E-state index in [2.05, 4.69) is 46.5 Å². The molecule has 2 aromatic rings. The van der Waals surface area contributed by atoms with Gasteiger partial charge >= 0.3 is 0 Å². The molecule has 20 heavy (non-hydrogen) atoms. The third-order valence-electron chi connectivity index (χ3n) is 3.17. The number of nitrogens with zero attached hydrogens (tertiary/aromatic N) is 1. The molecule has 0 saturated heterocycles. The Hall–Kier alpha value is -1.59. The molecule has 4 nitrogen and oxygen atoms in total. The lowest BCUT2D eigenvalue weighted by Gasteiger charge is -2.16. The maximum atomic E-state index is 11.2. The van der Waals surface area contributed by atoms with E-state index in [1.807, 2.05) is 7.05 Å². The number of aryl methyl sites for hydroxylation is 1. The summed E-state index contributed by atoms with van der Waals surface area (Å²) in [5.74, 6) is 0.814. The average Bonchev–Trinajstić information content (AvgIpc) is 2.48. The minimum Gasteiger partial charge on any atom is -0.312 e. The highest BCUT2D eigenvalue weighted by atomic mass is 32.2. The van der Waals surface area contributed by atoms with Crippen molar-refractivity contribution in [3.05, 3.63) is 58.0 Å². The Balaban J connectivity index is 2.03. The molecule has 1 unspecified atom stereocenters. The molecule has 0 amide bonds. The van der Waals surface area contributed by atoms with Crippen LogP contribution in [0.2, 0.25) is 0 Å². The molecular weight excluding hydrogens is 270 g/mol. The van der Waals surface area contributed by atoms with Crippen molar-refractivity contribution in [1.82, 2.24) is 15.3 Å². The van der Waals surface area contributed by atoms with Crippen molar-refractivity contribution in [2.75, 3.05) is 12.8 Å². The van der Waals surface area contributed by atoms with Gasteiger partial charge in [0, 0.05) is 24.1 Å². The van der Waals surface area contributed by atoms with E-state index >= 15 is 0 Å². The Bertz CT molecular complexity index is 595. The number of benzene rings is 1. The third-order valence-corrected chi connectivity index (χ3v) is 4.15. The molecule has 0 aliphatic carbocycles. The second kappa shape index (κ2) is 7.26. The molecule has 1 heterocycles. The van der Waals surface area contributed by atoms with E-state index in [-0.39, 0.29) is 11.6 Å². The van der Waals surface area contributed by atoms with Crippen LogP contribution in [0.5, 0.6) is 0 Å².